The highest BCUT2D eigenvalue weighted by Gasteiger charge is 2.37. The highest BCUT2D eigenvalue weighted by atomic mass is 16.3. The van der Waals surface area contributed by atoms with E-state index in [2.05, 4.69) is 10.6 Å². The molecule has 0 aliphatic heterocycles. The SMILES string of the molecule is CCNC(=O)N[C@@H]1C[C@H]1CO. The number of hydrogen-bond acceptors (Lipinski definition) is 2. The van der Waals surface area contributed by atoms with E-state index >= 15 is 0 Å². The molecule has 3 N–H and O–H groups in total. The molecule has 1 aliphatic carbocycles. The van der Waals surface area contributed by atoms with E-state index < -0.39 is 0 Å². The minimum Gasteiger partial charge on any atom is -0.396 e. The minimum absolute atomic E-state index is 0.131. The zero-order valence-corrected chi connectivity index (χ0v) is 6.63. The topological polar surface area (TPSA) is 61.4 Å². The molecule has 0 bridgehead atoms. The van der Waals surface area contributed by atoms with Gasteiger partial charge in [-0.1, -0.05) is 0 Å². The Morgan fingerprint density at radius 1 is 1.73 bits per heavy atom. The Morgan fingerprint density at radius 2 is 2.45 bits per heavy atom. The van der Waals surface area contributed by atoms with Crippen molar-refractivity contribution in [3.05, 3.63) is 0 Å². The van der Waals surface area contributed by atoms with Crippen molar-refractivity contribution in [2.75, 3.05) is 13.2 Å². The number of nitrogens with one attached hydrogen (secondary N) is 2. The molecular weight excluding hydrogens is 144 g/mol. The number of urea groups is 1. The Hall–Kier alpha value is -0.770. The fourth-order valence-corrected chi connectivity index (χ4v) is 1.01. The molecule has 11 heavy (non-hydrogen) atoms. The number of rotatable bonds is 3. The van der Waals surface area contributed by atoms with E-state index in [1.165, 1.54) is 0 Å². The van der Waals surface area contributed by atoms with Crippen LogP contribution in [0.25, 0.3) is 0 Å². The number of carbonyl (C=O) groups is 1. The lowest BCUT2D eigenvalue weighted by atomic mass is 10.4. The smallest absolute Gasteiger partial charge is 0.315 e. The highest BCUT2D eigenvalue weighted by Crippen LogP contribution is 2.28. The standard InChI is InChI=1S/C7H14N2O2/c1-2-8-7(11)9-6-3-5(6)4-10/h5-6,10H,2-4H2,1H3,(H2,8,9,11)/t5-,6+/m0/s1. The largest absolute Gasteiger partial charge is 0.396 e. The van der Waals surface area contributed by atoms with Gasteiger partial charge in [0.05, 0.1) is 0 Å². The first kappa shape index (κ1) is 8.33. The molecule has 0 spiro atoms. The van der Waals surface area contributed by atoms with Crippen LogP contribution in [-0.2, 0) is 0 Å². The summed E-state index contributed by atoms with van der Waals surface area (Å²) in [4.78, 5) is 10.9. The Kier molecular flexibility index (Phi) is 2.70. The minimum atomic E-state index is -0.131. The summed E-state index contributed by atoms with van der Waals surface area (Å²) >= 11 is 0. The van der Waals surface area contributed by atoms with Gasteiger partial charge in [0, 0.05) is 25.1 Å². The summed E-state index contributed by atoms with van der Waals surface area (Å²) < 4.78 is 0. The lowest BCUT2D eigenvalue weighted by Crippen LogP contribution is -2.37. The molecule has 64 valence electrons. The Labute approximate surface area is 66.0 Å². The molecule has 4 nitrogen and oxygen atoms in total. The van der Waals surface area contributed by atoms with E-state index in [4.69, 9.17) is 5.11 Å². The number of hydrogen-bond donors (Lipinski definition) is 3. The van der Waals surface area contributed by atoms with Crippen LogP contribution < -0.4 is 10.6 Å². The van der Waals surface area contributed by atoms with Crippen LogP contribution in [-0.4, -0.2) is 30.3 Å². The first-order chi connectivity index (χ1) is 5.27. The van der Waals surface area contributed by atoms with Gasteiger partial charge in [-0.15, -0.1) is 0 Å². The van der Waals surface area contributed by atoms with Crippen molar-refractivity contribution in [2.24, 2.45) is 5.92 Å². The molecule has 0 saturated heterocycles. The molecule has 0 heterocycles. The fraction of sp³-hybridized carbons (Fsp3) is 0.857. The van der Waals surface area contributed by atoms with Crippen molar-refractivity contribution < 1.29 is 9.90 Å². The van der Waals surface area contributed by atoms with E-state index in [1.54, 1.807) is 0 Å². The Balaban J connectivity index is 2.08. The highest BCUT2D eigenvalue weighted by molar-refractivity contribution is 5.74. The number of aliphatic hydroxyl groups is 1. The maximum absolute atomic E-state index is 10.9. The molecule has 2 atom stereocenters. The van der Waals surface area contributed by atoms with Crippen LogP contribution in [0.1, 0.15) is 13.3 Å². The third-order valence-electron chi connectivity index (χ3n) is 1.81. The van der Waals surface area contributed by atoms with Gasteiger partial charge in [-0.2, -0.15) is 0 Å². The maximum Gasteiger partial charge on any atom is 0.315 e. The number of amides is 2. The first-order valence-corrected chi connectivity index (χ1v) is 3.93. The van der Waals surface area contributed by atoms with E-state index in [0.717, 1.165) is 6.42 Å². The summed E-state index contributed by atoms with van der Waals surface area (Å²) in [5.41, 5.74) is 0. The molecule has 1 fully saturated rings. The van der Waals surface area contributed by atoms with E-state index in [0.29, 0.717) is 6.54 Å². The van der Waals surface area contributed by atoms with Gasteiger partial charge in [0.15, 0.2) is 0 Å². The molecule has 1 aliphatic rings. The lowest BCUT2D eigenvalue weighted by Gasteiger charge is -2.03. The van der Waals surface area contributed by atoms with Crippen molar-refractivity contribution in [3.8, 4) is 0 Å². The fourth-order valence-electron chi connectivity index (χ4n) is 1.01. The molecular formula is C7H14N2O2. The number of aliphatic hydroxyl groups excluding tert-OH is 1. The number of carbonyl (C=O) groups excluding carboxylic acids is 1. The molecule has 0 radical (unpaired) electrons. The third-order valence-corrected chi connectivity index (χ3v) is 1.81. The molecule has 0 aromatic heterocycles. The molecule has 4 heteroatoms. The van der Waals surface area contributed by atoms with Crippen LogP contribution in [0.15, 0.2) is 0 Å². The summed E-state index contributed by atoms with van der Waals surface area (Å²) in [5.74, 6) is 0.289. The zero-order valence-electron chi connectivity index (χ0n) is 6.63. The summed E-state index contributed by atoms with van der Waals surface area (Å²) in [6, 6.07) is 0.0694. The van der Waals surface area contributed by atoms with Crippen molar-refractivity contribution in [2.45, 2.75) is 19.4 Å². The molecule has 2 amide bonds. The van der Waals surface area contributed by atoms with Crippen LogP contribution in [0.4, 0.5) is 4.79 Å². The summed E-state index contributed by atoms with van der Waals surface area (Å²) in [6.45, 7) is 2.69. The van der Waals surface area contributed by atoms with Crippen LogP contribution in [0, 0.1) is 5.92 Å². The van der Waals surface area contributed by atoms with Crippen LogP contribution in [0.2, 0.25) is 0 Å². The van der Waals surface area contributed by atoms with Gasteiger partial charge in [-0.3, -0.25) is 0 Å². The van der Waals surface area contributed by atoms with Gasteiger partial charge in [-0.05, 0) is 13.3 Å². The molecule has 1 rings (SSSR count). The molecule has 0 aromatic rings. The van der Waals surface area contributed by atoms with Crippen molar-refractivity contribution in [3.63, 3.8) is 0 Å². The molecule has 0 aromatic carbocycles. The van der Waals surface area contributed by atoms with Crippen LogP contribution in [0.5, 0.6) is 0 Å². The normalized spacial score (nSPS) is 27.8. The maximum atomic E-state index is 10.9. The van der Waals surface area contributed by atoms with Crippen molar-refractivity contribution in [1.82, 2.24) is 10.6 Å². The average Bonchev–Trinajstić information content (AvgIpc) is 2.68. The predicted octanol–water partition coefficient (Wildman–Crippen LogP) is -0.314. The monoisotopic (exact) mass is 158 g/mol. The third kappa shape index (κ3) is 2.38. The van der Waals surface area contributed by atoms with Crippen LogP contribution >= 0.6 is 0 Å². The molecule has 0 unspecified atom stereocenters. The average molecular weight is 158 g/mol. The van der Waals surface area contributed by atoms with Crippen LogP contribution in [0.3, 0.4) is 0 Å². The second-order valence-electron chi connectivity index (χ2n) is 2.79. The zero-order chi connectivity index (χ0) is 8.27. The van der Waals surface area contributed by atoms with E-state index in [9.17, 15) is 4.79 Å². The van der Waals surface area contributed by atoms with E-state index in [-0.39, 0.29) is 24.6 Å². The molecule has 1 saturated carbocycles. The summed E-state index contributed by atoms with van der Waals surface area (Å²) in [5, 5.41) is 14.0. The van der Waals surface area contributed by atoms with Gasteiger partial charge in [0.2, 0.25) is 0 Å². The predicted molar refractivity (Wildman–Crippen MR) is 41.2 cm³/mol. The lowest BCUT2D eigenvalue weighted by molar-refractivity contribution is 0.237. The first-order valence-electron chi connectivity index (χ1n) is 3.93. The van der Waals surface area contributed by atoms with Gasteiger partial charge >= 0.3 is 6.03 Å². The van der Waals surface area contributed by atoms with Gasteiger partial charge in [-0.25, -0.2) is 4.79 Å². The van der Waals surface area contributed by atoms with Gasteiger partial charge in [0.1, 0.15) is 0 Å². The van der Waals surface area contributed by atoms with Gasteiger partial charge in [0.25, 0.3) is 0 Å². The van der Waals surface area contributed by atoms with Crippen molar-refractivity contribution in [1.29, 1.82) is 0 Å². The van der Waals surface area contributed by atoms with E-state index in [1.807, 2.05) is 6.92 Å². The second kappa shape index (κ2) is 3.57. The van der Waals surface area contributed by atoms with Gasteiger partial charge < -0.3 is 15.7 Å². The Bertz CT molecular complexity index is 149. The summed E-state index contributed by atoms with van der Waals surface area (Å²) in [6.07, 6.45) is 0.910. The summed E-state index contributed by atoms with van der Waals surface area (Å²) in [7, 11) is 0. The van der Waals surface area contributed by atoms with Crippen molar-refractivity contribution >= 4 is 6.03 Å². The Morgan fingerprint density at radius 3 is 2.91 bits per heavy atom. The quantitative estimate of drug-likeness (QED) is 0.527. The second-order valence-corrected chi connectivity index (χ2v) is 2.79.